The van der Waals surface area contributed by atoms with Crippen LogP contribution >= 0.6 is 11.8 Å². The summed E-state index contributed by atoms with van der Waals surface area (Å²) in [6.07, 6.45) is 7.27. The summed E-state index contributed by atoms with van der Waals surface area (Å²) >= 11 is 1.61. The molecule has 1 unspecified atom stereocenters. The van der Waals surface area contributed by atoms with E-state index in [4.69, 9.17) is 9.15 Å². The normalized spacial score (nSPS) is 15.5. The molecule has 0 radical (unpaired) electrons. The molecule has 9 heteroatoms. The molecule has 1 fully saturated rings. The molecule has 8 nitrogen and oxygen atoms in total. The molecule has 3 heterocycles. The van der Waals surface area contributed by atoms with Crippen molar-refractivity contribution in [2.24, 2.45) is 0 Å². The van der Waals surface area contributed by atoms with Gasteiger partial charge in [0.1, 0.15) is 23.9 Å². The van der Waals surface area contributed by atoms with Gasteiger partial charge in [0.15, 0.2) is 0 Å². The van der Waals surface area contributed by atoms with Crippen molar-refractivity contribution in [2.75, 3.05) is 37.1 Å². The van der Waals surface area contributed by atoms with Crippen LogP contribution in [-0.4, -0.2) is 60.1 Å². The van der Waals surface area contributed by atoms with Crippen molar-refractivity contribution in [1.29, 1.82) is 0 Å². The second-order valence-corrected chi connectivity index (χ2v) is 7.77. The Bertz CT molecular complexity index is 848. The van der Waals surface area contributed by atoms with E-state index in [2.05, 4.69) is 20.2 Å². The number of nitrogens with zero attached hydrogens (tertiary/aromatic N) is 3. The third-order valence-electron chi connectivity index (χ3n) is 4.93. The van der Waals surface area contributed by atoms with Gasteiger partial charge in [-0.15, -0.1) is 0 Å². The Balaban J connectivity index is 1.95. The summed E-state index contributed by atoms with van der Waals surface area (Å²) in [7, 11) is 1.32. The molecule has 0 spiro atoms. The van der Waals surface area contributed by atoms with Gasteiger partial charge in [-0.2, -0.15) is 11.8 Å². The van der Waals surface area contributed by atoms with E-state index in [1.165, 1.54) is 19.9 Å². The summed E-state index contributed by atoms with van der Waals surface area (Å²) in [6.45, 7) is 3.50. The molecule has 1 N–H and O–H groups in total. The summed E-state index contributed by atoms with van der Waals surface area (Å²) in [5.74, 6) is 1.07. The number of hydrogen-bond donors (Lipinski definition) is 1. The molecule has 0 bridgehead atoms. The number of amides is 1. The molecule has 1 saturated heterocycles. The van der Waals surface area contributed by atoms with Crippen LogP contribution in [0.4, 0.5) is 5.82 Å². The van der Waals surface area contributed by atoms with E-state index in [0.717, 1.165) is 31.7 Å². The zero-order chi connectivity index (χ0) is 20.1. The molecule has 3 rings (SSSR count). The SMILES string of the molecule is COC(=O)C(CCSC)NC(=O)c1c(C)oc2ncnc(N3CCCCC3)c12. The van der Waals surface area contributed by atoms with Crippen LogP contribution in [0.3, 0.4) is 0 Å². The lowest BCUT2D eigenvalue weighted by Gasteiger charge is -2.28. The average molecular weight is 407 g/mol. The minimum Gasteiger partial charge on any atom is -0.467 e. The van der Waals surface area contributed by atoms with E-state index in [9.17, 15) is 9.59 Å². The predicted molar refractivity (Wildman–Crippen MR) is 109 cm³/mol. The molecule has 1 aliphatic rings. The molecular formula is C19H26N4O4S. The maximum absolute atomic E-state index is 13.1. The quantitative estimate of drug-likeness (QED) is 0.701. The second kappa shape index (κ2) is 9.27. The Morgan fingerprint density at radius 1 is 1.32 bits per heavy atom. The van der Waals surface area contributed by atoms with E-state index >= 15 is 0 Å². The van der Waals surface area contributed by atoms with Gasteiger partial charge in [-0.3, -0.25) is 4.79 Å². The third kappa shape index (κ3) is 4.24. The lowest BCUT2D eigenvalue weighted by molar-refractivity contribution is -0.142. The molecule has 1 amide bonds. The fourth-order valence-electron chi connectivity index (χ4n) is 3.51. The first-order valence-corrected chi connectivity index (χ1v) is 10.8. The van der Waals surface area contributed by atoms with Crippen molar-refractivity contribution in [1.82, 2.24) is 15.3 Å². The molecule has 28 heavy (non-hydrogen) atoms. The maximum atomic E-state index is 13.1. The summed E-state index contributed by atoms with van der Waals surface area (Å²) < 4.78 is 10.6. The number of esters is 1. The van der Waals surface area contributed by atoms with Crippen LogP contribution < -0.4 is 10.2 Å². The third-order valence-corrected chi connectivity index (χ3v) is 5.57. The zero-order valence-corrected chi connectivity index (χ0v) is 17.3. The molecule has 2 aromatic heterocycles. The number of carbonyl (C=O) groups excluding carboxylic acids is 2. The van der Waals surface area contributed by atoms with E-state index in [-0.39, 0.29) is 5.91 Å². The van der Waals surface area contributed by atoms with Crippen molar-refractivity contribution < 1.29 is 18.7 Å². The molecule has 0 aliphatic carbocycles. The number of nitrogens with one attached hydrogen (secondary N) is 1. The summed E-state index contributed by atoms with van der Waals surface area (Å²) in [6, 6.07) is -0.711. The Hall–Kier alpha value is -2.29. The number of thioether (sulfide) groups is 1. The minimum atomic E-state index is -0.711. The van der Waals surface area contributed by atoms with Crippen molar-refractivity contribution in [3.63, 3.8) is 0 Å². The van der Waals surface area contributed by atoms with Crippen LogP contribution in [0.1, 0.15) is 41.8 Å². The summed E-state index contributed by atoms with van der Waals surface area (Å²) in [5, 5.41) is 3.41. The van der Waals surface area contributed by atoms with E-state index in [0.29, 0.717) is 34.7 Å². The van der Waals surface area contributed by atoms with Crippen molar-refractivity contribution in [3.8, 4) is 0 Å². The smallest absolute Gasteiger partial charge is 0.328 e. The first-order chi connectivity index (χ1) is 13.6. The van der Waals surface area contributed by atoms with E-state index < -0.39 is 12.0 Å². The number of anilines is 1. The van der Waals surface area contributed by atoms with Gasteiger partial charge in [-0.1, -0.05) is 0 Å². The topological polar surface area (TPSA) is 97.6 Å². The zero-order valence-electron chi connectivity index (χ0n) is 16.5. The summed E-state index contributed by atoms with van der Waals surface area (Å²) in [5.41, 5.74) is 0.770. The van der Waals surface area contributed by atoms with Crippen molar-refractivity contribution in [2.45, 2.75) is 38.6 Å². The van der Waals surface area contributed by atoms with Gasteiger partial charge < -0.3 is 19.4 Å². The first-order valence-electron chi connectivity index (χ1n) is 9.43. The molecule has 1 aliphatic heterocycles. The number of fused-ring (bicyclic) bond motifs is 1. The highest BCUT2D eigenvalue weighted by Crippen LogP contribution is 2.32. The fraction of sp³-hybridized carbons (Fsp3) is 0.579. The number of ether oxygens (including phenoxy) is 1. The first kappa shape index (κ1) is 20.4. The lowest BCUT2D eigenvalue weighted by Crippen LogP contribution is -2.42. The number of aryl methyl sites for hydroxylation is 1. The predicted octanol–water partition coefficient (Wildman–Crippen LogP) is 2.55. The highest BCUT2D eigenvalue weighted by atomic mass is 32.2. The summed E-state index contributed by atoms with van der Waals surface area (Å²) in [4.78, 5) is 36.0. The van der Waals surface area contributed by atoms with Gasteiger partial charge in [0.25, 0.3) is 5.91 Å². The van der Waals surface area contributed by atoms with Crippen molar-refractivity contribution in [3.05, 3.63) is 17.7 Å². The minimum absolute atomic E-state index is 0.374. The van der Waals surface area contributed by atoms with E-state index in [1.807, 2.05) is 6.26 Å². The molecule has 2 aromatic rings. The highest BCUT2D eigenvalue weighted by Gasteiger charge is 2.29. The van der Waals surface area contributed by atoms with Crippen molar-refractivity contribution >= 4 is 40.6 Å². The van der Waals surface area contributed by atoms with Gasteiger partial charge >= 0.3 is 5.97 Å². The number of aromatic nitrogens is 2. The van der Waals surface area contributed by atoms with Gasteiger partial charge in [-0.05, 0) is 44.6 Å². The van der Waals surface area contributed by atoms with Crippen LogP contribution in [0, 0.1) is 6.92 Å². The molecular weight excluding hydrogens is 380 g/mol. The van der Waals surface area contributed by atoms with Crippen LogP contribution in [0.15, 0.2) is 10.7 Å². The van der Waals surface area contributed by atoms with Gasteiger partial charge in [-0.25, -0.2) is 14.8 Å². The van der Waals surface area contributed by atoms with Gasteiger partial charge in [0.2, 0.25) is 5.71 Å². The fourth-order valence-corrected chi connectivity index (χ4v) is 3.98. The van der Waals surface area contributed by atoms with Gasteiger partial charge in [0, 0.05) is 13.1 Å². The molecule has 1 atom stereocenters. The number of methoxy groups -OCH3 is 1. The number of carbonyl (C=O) groups is 2. The Kier molecular flexibility index (Phi) is 6.77. The Labute approximate surface area is 168 Å². The molecule has 0 aromatic carbocycles. The van der Waals surface area contributed by atoms with Crippen LogP contribution in [-0.2, 0) is 9.53 Å². The Morgan fingerprint density at radius 2 is 2.07 bits per heavy atom. The van der Waals surface area contributed by atoms with Crippen LogP contribution in [0.2, 0.25) is 0 Å². The largest absolute Gasteiger partial charge is 0.467 e. The van der Waals surface area contributed by atoms with Crippen LogP contribution in [0.25, 0.3) is 11.1 Å². The second-order valence-electron chi connectivity index (χ2n) is 6.79. The monoisotopic (exact) mass is 406 g/mol. The standard InChI is InChI=1S/C19H26N4O4S/c1-12-14(17(24)22-13(7-10-28-3)19(25)26-2)15-16(20-11-21-18(15)27-12)23-8-5-4-6-9-23/h11,13H,4-10H2,1-3H3,(H,22,24). The van der Waals surface area contributed by atoms with E-state index in [1.54, 1.807) is 18.7 Å². The average Bonchev–Trinajstić information content (AvgIpc) is 3.06. The number of furan rings is 1. The van der Waals surface area contributed by atoms with Crippen LogP contribution in [0.5, 0.6) is 0 Å². The number of piperidine rings is 1. The number of hydrogen-bond acceptors (Lipinski definition) is 8. The highest BCUT2D eigenvalue weighted by molar-refractivity contribution is 7.98. The molecule has 152 valence electrons. The Morgan fingerprint density at radius 3 is 2.75 bits per heavy atom. The number of rotatable bonds is 7. The van der Waals surface area contributed by atoms with Gasteiger partial charge in [0.05, 0.1) is 18.1 Å². The lowest BCUT2D eigenvalue weighted by atomic mass is 10.1. The maximum Gasteiger partial charge on any atom is 0.328 e. The molecule has 0 saturated carbocycles.